The van der Waals surface area contributed by atoms with Crippen LogP contribution in [0.1, 0.15) is 49.4 Å². The minimum absolute atomic E-state index is 0.142. The third-order valence-electron chi connectivity index (χ3n) is 3.06. The van der Waals surface area contributed by atoms with E-state index in [2.05, 4.69) is 13.5 Å². The lowest BCUT2D eigenvalue weighted by atomic mass is 10.1. The molecule has 0 heterocycles. The van der Waals surface area contributed by atoms with Crippen molar-refractivity contribution in [3.8, 4) is 5.75 Å². The predicted molar refractivity (Wildman–Crippen MR) is 76.8 cm³/mol. The van der Waals surface area contributed by atoms with Gasteiger partial charge >= 0.3 is 5.97 Å². The van der Waals surface area contributed by atoms with Crippen molar-refractivity contribution in [2.75, 3.05) is 0 Å². The molecule has 0 aromatic heterocycles. The highest BCUT2D eigenvalue weighted by Gasteiger charge is 2.27. The van der Waals surface area contributed by atoms with Crippen molar-refractivity contribution in [2.24, 2.45) is 0 Å². The average molecular weight is 280 g/mol. The number of carboxylic acid groups (broad SMARTS) is 1. The second-order valence-electron chi connectivity index (χ2n) is 4.73. The van der Waals surface area contributed by atoms with Gasteiger partial charge in [0.2, 0.25) is 0 Å². The van der Waals surface area contributed by atoms with Gasteiger partial charge in [-0.3, -0.25) is 0 Å². The molecule has 0 saturated heterocycles. The molecule has 0 amide bonds. The summed E-state index contributed by atoms with van der Waals surface area (Å²) in [6.45, 7) is 5.57. The Kier molecular flexibility index (Phi) is 6.22. The number of carboxylic acids is 1. The van der Waals surface area contributed by atoms with Gasteiger partial charge in [-0.25, -0.2) is 4.79 Å². The topological polar surface area (TPSA) is 46.5 Å². The molecule has 0 aliphatic heterocycles. The van der Waals surface area contributed by atoms with Gasteiger partial charge < -0.3 is 9.84 Å². The number of rotatable bonds is 9. The monoisotopic (exact) mass is 280 g/mol. The first-order valence-corrected chi connectivity index (χ1v) is 6.85. The Bertz CT molecular complexity index is 442. The highest BCUT2D eigenvalue weighted by molar-refractivity contribution is 5.87. The predicted octanol–water partition coefficient (Wildman–Crippen LogP) is 4.59. The van der Waals surface area contributed by atoms with Crippen LogP contribution in [0.25, 0.3) is 0 Å². The zero-order valence-corrected chi connectivity index (χ0v) is 11.8. The Labute approximate surface area is 119 Å². The van der Waals surface area contributed by atoms with Crippen molar-refractivity contribution in [3.63, 3.8) is 0 Å². The lowest BCUT2D eigenvalue weighted by Gasteiger charge is -2.23. The maximum Gasteiger partial charge on any atom is 0.335 e. The zero-order chi connectivity index (χ0) is 15.0. The van der Waals surface area contributed by atoms with Gasteiger partial charge in [-0.1, -0.05) is 32.8 Å². The number of alkyl halides is 1. The summed E-state index contributed by atoms with van der Waals surface area (Å²) in [5.74, 6) is -2.63. The van der Waals surface area contributed by atoms with E-state index in [1.807, 2.05) is 0 Å². The van der Waals surface area contributed by atoms with E-state index in [1.165, 1.54) is 24.3 Å². The maximum absolute atomic E-state index is 14.4. The van der Waals surface area contributed by atoms with Crippen molar-refractivity contribution in [3.05, 3.63) is 42.5 Å². The van der Waals surface area contributed by atoms with Crippen molar-refractivity contribution in [2.45, 2.75) is 44.9 Å². The van der Waals surface area contributed by atoms with E-state index in [0.717, 1.165) is 31.8 Å². The molecule has 1 unspecified atom stereocenters. The van der Waals surface area contributed by atoms with E-state index in [4.69, 9.17) is 9.84 Å². The van der Waals surface area contributed by atoms with Gasteiger partial charge in [0.15, 0.2) is 0 Å². The molecular formula is C16H21FO3. The number of hydrogen-bond donors (Lipinski definition) is 1. The molecule has 0 spiro atoms. The van der Waals surface area contributed by atoms with Crippen LogP contribution in [0.5, 0.6) is 5.75 Å². The second-order valence-corrected chi connectivity index (χ2v) is 4.73. The van der Waals surface area contributed by atoms with Crippen molar-refractivity contribution in [1.29, 1.82) is 0 Å². The van der Waals surface area contributed by atoms with Crippen LogP contribution in [-0.2, 0) is 0 Å². The first-order chi connectivity index (χ1) is 9.50. The Balaban J connectivity index is 2.62. The number of aromatic carboxylic acids is 1. The third-order valence-corrected chi connectivity index (χ3v) is 3.06. The third kappa shape index (κ3) is 5.03. The van der Waals surface area contributed by atoms with Crippen molar-refractivity contribution >= 4 is 5.97 Å². The Hall–Kier alpha value is -1.84. The summed E-state index contributed by atoms with van der Waals surface area (Å²) in [6, 6.07) is 5.68. The molecule has 0 aliphatic carbocycles. The lowest BCUT2D eigenvalue weighted by molar-refractivity contribution is -0.0241. The molecule has 20 heavy (non-hydrogen) atoms. The first-order valence-electron chi connectivity index (χ1n) is 6.85. The molecular weight excluding hydrogens is 259 g/mol. The Morgan fingerprint density at radius 1 is 1.35 bits per heavy atom. The quantitative estimate of drug-likeness (QED) is 0.531. The van der Waals surface area contributed by atoms with Gasteiger partial charge in [0.05, 0.1) is 5.56 Å². The summed E-state index contributed by atoms with van der Waals surface area (Å²) in [7, 11) is 0. The molecule has 1 atom stereocenters. The molecule has 110 valence electrons. The van der Waals surface area contributed by atoms with Crippen LogP contribution < -0.4 is 4.74 Å². The number of hydrogen-bond acceptors (Lipinski definition) is 2. The molecule has 0 fully saturated rings. The zero-order valence-electron chi connectivity index (χ0n) is 11.8. The molecule has 3 nitrogen and oxygen atoms in total. The van der Waals surface area contributed by atoms with Gasteiger partial charge in [0, 0.05) is 6.42 Å². The first kappa shape index (κ1) is 16.2. The van der Waals surface area contributed by atoms with Crippen LogP contribution in [0.4, 0.5) is 4.39 Å². The van der Waals surface area contributed by atoms with Gasteiger partial charge in [-0.15, -0.1) is 0 Å². The van der Waals surface area contributed by atoms with E-state index >= 15 is 0 Å². The number of benzene rings is 1. The Morgan fingerprint density at radius 2 is 2.00 bits per heavy atom. The van der Waals surface area contributed by atoms with Crippen LogP contribution in [0.3, 0.4) is 0 Å². The molecule has 1 aromatic carbocycles. The van der Waals surface area contributed by atoms with Gasteiger partial charge in [-0.05, 0) is 36.8 Å². The number of unbranched alkanes of at least 4 members (excludes halogenated alkanes) is 3. The van der Waals surface area contributed by atoms with Crippen molar-refractivity contribution in [1.82, 2.24) is 0 Å². The average Bonchev–Trinajstić information content (AvgIpc) is 2.44. The number of carbonyl (C=O) groups is 1. The number of halogens is 1. The molecule has 0 saturated carbocycles. The van der Waals surface area contributed by atoms with E-state index in [1.54, 1.807) is 0 Å². The summed E-state index contributed by atoms with van der Waals surface area (Å²) >= 11 is 0. The molecule has 0 radical (unpaired) electrons. The van der Waals surface area contributed by atoms with E-state index in [-0.39, 0.29) is 12.0 Å². The summed E-state index contributed by atoms with van der Waals surface area (Å²) in [5.41, 5.74) is 0.142. The van der Waals surface area contributed by atoms with E-state index in [9.17, 15) is 9.18 Å². The van der Waals surface area contributed by atoms with Crippen LogP contribution in [0.15, 0.2) is 36.9 Å². The number of ether oxygens (including phenoxy) is 1. The fourth-order valence-electron chi connectivity index (χ4n) is 1.85. The summed E-state index contributed by atoms with van der Waals surface area (Å²) in [4.78, 5) is 10.7. The summed E-state index contributed by atoms with van der Waals surface area (Å²) in [6.07, 6.45) is 5.24. The van der Waals surface area contributed by atoms with Gasteiger partial charge in [0.25, 0.3) is 5.85 Å². The molecule has 1 rings (SSSR count). The minimum atomic E-state index is -1.90. The van der Waals surface area contributed by atoms with E-state index in [0.29, 0.717) is 5.75 Å². The fourth-order valence-corrected chi connectivity index (χ4v) is 1.85. The molecule has 1 aromatic rings. The fraction of sp³-hybridized carbons (Fsp3) is 0.438. The smallest absolute Gasteiger partial charge is 0.335 e. The van der Waals surface area contributed by atoms with Crippen molar-refractivity contribution < 1.29 is 19.0 Å². The van der Waals surface area contributed by atoms with Gasteiger partial charge in [0.1, 0.15) is 5.75 Å². The normalized spacial score (nSPS) is 13.5. The van der Waals surface area contributed by atoms with Crippen LogP contribution in [-0.4, -0.2) is 16.9 Å². The lowest BCUT2D eigenvalue weighted by Crippen LogP contribution is -2.27. The molecule has 4 heteroatoms. The van der Waals surface area contributed by atoms with Crippen LogP contribution in [0, 0.1) is 0 Å². The minimum Gasteiger partial charge on any atom is -0.478 e. The SMILES string of the molecule is C=CC(F)(CCCCCC)Oc1ccc(C(=O)O)cc1. The standard InChI is InChI=1S/C16H21FO3/c1-3-5-6-7-12-16(17,4-2)20-14-10-8-13(9-11-14)15(18)19/h4,8-11H,2-3,5-7,12H2,1H3,(H,18,19). The highest BCUT2D eigenvalue weighted by Crippen LogP contribution is 2.26. The molecule has 0 aliphatic rings. The van der Waals surface area contributed by atoms with Gasteiger partial charge in [-0.2, -0.15) is 4.39 Å². The van der Waals surface area contributed by atoms with Crippen LogP contribution in [0.2, 0.25) is 0 Å². The van der Waals surface area contributed by atoms with Crippen LogP contribution >= 0.6 is 0 Å². The van der Waals surface area contributed by atoms with E-state index < -0.39 is 11.8 Å². The second kappa shape index (κ2) is 7.68. The molecule has 1 N–H and O–H groups in total. The summed E-state index contributed by atoms with van der Waals surface area (Å²) in [5, 5.41) is 8.79. The largest absolute Gasteiger partial charge is 0.478 e. The Morgan fingerprint density at radius 3 is 2.50 bits per heavy atom. The molecule has 0 bridgehead atoms. The maximum atomic E-state index is 14.4. The highest BCUT2D eigenvalue weighted by atomic mass is 19.2. The summed E-state index contributed by atoms with van der Waals surface area (Å²) < 4.78 is 19.7.